The van der Waals surface area contributed by atoms with Crippen molar-refractivity contribution in [3.05, 3.63) is 87.9 Å². The van der Waals surface area contributed by atoms with Crippen LogP contribution in [-0.4, -0.2) is 20.4 Å². The zero-order chi connectivity index (χ0) is 22.4. The van der Waals surface area contributed by atoms with Crippen LogP contribution >= 0.6 is 27.5 Å². The molecule has 3 aromatic rings. The van der Waals surface area contributed by atoms with Gasteiger partial charge in [0.05, 0.1) is 9.37 Å². The summed E-state index contributed by atoms with van der Waals surface area (Å²) in [6.07, 6.45) is -0.784. The van der Waals surface area contributed by atoms with E-state index in [1.807, 2.05) is 30.3 Å². The number of benzene rings is 3. The van der Waals surface area contributed by atoms with Crippen LogP contribution in [0, 0.1) is 0 Å². The van der Waals surface area contributed by atoms with Crippen molar-refractivity contribution in [2.24, 2.45) is 0 Å². The van der Waals surface area contributed by atoms with Crippen LogP contribution in [-0.2, 0) is 21.4 Å². The van der Waals surface area contributed by atoms with Gasteiger partial charge >= 0.3 is 0 Å². The predicted molar refractivity (Wildman–Crippen MR) is 125 cm³/mol. The Morgan fingerprint density at radius 3 is 2.39 bits per heavy atom. The Kier molecular flexibility index (Phi) is 7.72. The van der Waals surface area contributed by atoms with Gasteiger partial charge < -0.3 is 10.1 Å². The summed E-state index contributed by atoms with van der Waals surface area (Å²) in [5, 5.41) is 3.25. The summed E-state index contributed by atoms with van der Waals surface area (Å²) in [7, 11) is -3.67. The molecular formula is C22H20BrClN2O4S. The summed E-state index contributed by atoms with van der Waals surface area (Å²) < 4.78 is 33.8. The van der Waals surface area contributed by atoms with E-state index < -0.39 is 16.1 Å². The van der Waals surface area contributed by atoms with Gasteiger partial charge in [0.15, 0.2) is 6.10 Å². The second-order valence-electron chi connectivity index (χ2n) is 6.66. The molecular weight excluding hydrogens is 504 g/mol. The zero-order valence-electron chi connectivity index (χ0n) is 16.5. The molecule has 0 spiro atoms. The number of hydrogen-bond acceptors (Lipinski definition) is 4. The highest BCUT2D eigenvalue weighted by Crippen LogP contribution is 2.29. The van der Waals surface area contributed by atoms with Crippen molar-refractivity contribution in [2.45, 2.75) is 24.5 Å². The van der Waals surface area contributed by atoms with Gasteiger partial charge in [-0.1, -0.05) is 41.9 Å². The molecule has 9 heteroatoms. The van der Waals surface area contributed by atoms with Crippen molar-refractivity contribution in [1.82, 2.24) is 4.72 Å². The molecule has 1 atom stereocenters. The number of sulfonamides is 1. The van der Waals surface area contributed by atoms with Crippen molar-refractivity contribution >= 4 is 49.1 Å². The third-order valence-corrected chi connectivity index (χ3v) is 6.58. The van der Waals surface area contributed by atoms with Crippen LogP contribution in [0.4, 0.5) is 5.69 Å². The van der Waals surface area contributed by atoms with E-state index in [4.69, 9.17) is 16.3 Å². The van der Waals surface area contributed by atoms with Crippen LogP contribution in [0.1, 0.15) is 12.5 Å². The molecule has 0 radical (unpaired) electrons. The number of carbonyl (C=O) groups is 1. The summed E-state index contributed by atoms with van der Waals surface area (Å²) >= 11 is 9.25. The first-order valence-corrected chi connectivity index (χ1v) is 12.0. The lowest BCUT2D eigenvalue weighted by atomic mass is 10.2. The highest BCUT2D eigenvalue weighted by Gasteiger charge is 2.18. The number of halogens is 2. The third kappa shape index (κ3) is 6.54. The molecule has 0 saturated carbocycles. The number of amides is 1. The van der Waals surface area contributed by atoms with Crippen LogP contribution < -0.4 is 14.8 Å². The molecule has 1 amide bonds. The standard InChI is InChI=1S/C22H20BrClN2O4S/c1-15(30-21-12-7-17(24)13-20(21)23)22(27)26-18-8-10-19(11-9-18)31(28,29)25-14-16-5-3-2-4-6-16/h2-13,15,25H,14H2,1H3,(H,26,27). The normalized spacial score (nSPS) is 12.2. The Hall–Kier alpha value is -2.39. The van der Waals surface area contributed by atoms with Gasteiger partial charge in [-0.15, -0.1) is 0 Å². The molecule has 3 aromatic carbocycles. The molecule has 0 bridgehead atoms. The smallest absolute Gasteiger partial charge is 0.265 e. The molecule has 6 nitrogen and oxygen atoms in total. The fraction of sp³-hybridized carbons (Fsp3) is 0.136. The number of ether oxygens (including phenoxy) is 1. The lowest BCUT2D eigenvalue weighted by Gasteiger charge is -2.16. The number of nitrogens with one attached hydrogen (secondary N) is 2. The molecule has 1 unspecified atom stereocenters. The lowest BCUT2D eigenvalue weighted by Crippen LogP contribution is -2.30. The minimum atomic E-state index is -3.67. The molecule has 0 aliphatic heterocycles. The van der Waals surface area contributed by atoms with Gasteiger partial charge in [0.2, 0.25) is 10.0 Å². The van der Waals surface area contributed by atoms with Crippen LogP contribution in [0.25, 0.3) is 0 Å². The molecule has 31 heavy (non-hydrogen) atoms. The SMILES string of the molecule is CC(Oc1ccc(Cl)cc1Br)C(=O)Nc1ccc(S(=O)(=O)NCc2ccccc2)cc1. The van der Waals surface area contributed by atoms with Crippen LogP contribution in [0.3, 0.4) is 0 Å². The monoisotopic (exact) mass is 522 g/mol. The highest BCUT2D eigenvalue weighted by atomic mass is 79.9. The number of hydrogen-bond donors (Lipinski definition) is 2. The van der Waals surface area contributed by atoms with Crippen LogP contribution in [0.5, 0.6) is 5.75 Å². The van der Waals surface area contributed by atoms with Gasteiger partial charge in [-0.25, -0.2) is 13.1 Å². The van der Waals surface area contributed by atoms with E-state index >= 15 is 0 Å². The van der Waals surface area contributed by atoms with Crippen LogP contribution in [0.15, 0.2) is 82.2 Å². The first-order chi connectivity index (χ1) is 14.7. The molecule has 3 rings (SSSR count). The molecule has 0 aliphatic carbocycles. The van der Waals surface area contributed by atoms with E-state index in [1.165, 1.54) is 24.3 Å². The van der Waals surface area contributed by atoms with Crippen LogP contribution in [0.2, 0.25) is 5.02 Å². The summed E-state index contributed by atoms with van der Waals surface area (Å²) in [5.41, 5.74) is 1.31. The molecule has 0 saturated heterocycles. The Bertz CT molecular complexity index is 1160. The Balaban J connectivity index is 1.59. The molecule has 0 aliphatic rings. The first kappa shape index (κ1) is 23.3. The average Bonchev–Trinajstić information content (AvgIpc) is 2.75. The Morgan fingerprint density at radius 1 is 1.06 bits per heavy atom. The van der Waals surface area contributed by atoms with Crippen molar-refractivity contribution in [2.75, 3.05) is 5.32 Å². The summed E-state index contributed by atoms with van der Waals surface area (Å²) in [4.78, 5) is 12.5. The average molecular weight is 524 g/mol. The molecule has 0 fully saturated rings. The van der Waals surface area contributed by atoms with E-state index in [9.17, 15) is 13.2 Å². The maximum Gasteiger partial charge on any atom is 0.265 e. The minimum absolute atomic E-state index is 0.107. The second kappa shape index (κ2) is 10.3. The summed E-state index contributed by atoms with van der Waals surface area (Å²) in [6.45, 7) is 1.81. The van der Waals surface area contributed by atoms with Gasteiger partial charge in [0, 0.05) is 17.3 Å². The summed E-state index contributed by atoms with van der Waals surface area (Å²) in [6, 6.07) is 20.2. The molecule has 162 valence electrons. The van der Waals surface area contributed by atoms with E-state index in [2.05, 4.69) is 26.0 Å². The fourth-order valence-corrected chi connectivity index (χ4v) is 4.43. The van der Waals surface area contributed by atoms with Crippen molar-refractivity contribution in [1.29, 1.82) is 0 Å². The topological polar surface area (TPSA) is 84.5 Å². The van der Waals surface area contributed by atoms with E-state index in [-0.39, 0.29) is 17.3 Å². The highest BCUT2D eigenvalue weighted by molar-refractivity contribution is 9.10. The largest absolute Gasteiger partial charge is 0.480 e. The van der Waals surface area contributed by atoms with Gasteiger partial charge in [-0.05, 0) is 70.9 Å². The predicted octanol–water partition coefficient (Wildman–Crippen LogP) is 4.99. The van der Waals surface area contributed by atoms with Crippen molar-refractivity contribution < 1.29 is 17.9 Å². The Morgan fingerprint density at radius 2 is 1.74 bits per heavy atom. The Labute approximate surface area is 194 Å². The summed E-state index contributed by atoms with van der Waals surface area (Å²) in [5.74, 6) is 0.109. The number of carbonyl (C=O) groups excluding carboxylic acids is 1. The number of anilines is 1. The maximum atomic E-state index is 12.5. The first-order valence-electron chi connectivity index (χ1n) is 9.31. The van der Waals surface area contributed by atoms with Gasteiger partial charge in [-0.2, -0.15) is 0 Å². The van der Waals surface area contributed by atoms with Gasteiger partial charge in [0.25, 0.3) is 5.91 Å². The van der Waals surface area contributed by atoms with E-state index in [0.29, 0.717) is 20.9 Å². The lowest BCUT2D eigenvalue weighted by molar-refractivity contribution is -0.122. The number of rotatable bonds is 8. The van der Waals surface area contributed by atoms with Gasteiger partial charge in [-0.3, -0.25) is 4.79 Å². The van der Waals surface area contributed by atoms with E-state index in [1.54, 1.807) is 25.1 Å². The van der Waals surface area contributed by atoms with Crippen molar-refractivity contribution in [3.8, 4) is 5.75 Å². The fourth-order valence-electron chi connectivity index (χ4n) is 2.63. The second-order valence-corrected chi connectivity index (χ2v) is 9.72. The molecule has 0 aromatic heterocycles. The third-order valence-electron chi connectivity index (χ3n) is 4.31. The maximum absolute atomic E-state index is 12.5. The quantitative estimate of drug-likeness (QED) is 0.436. The molecule has 0 heterocycles. The van der Waals surface area contributed by atoms with Crippen molar-refractivity contribution in [3.63, 3.8) is 0 Å². The van der Waals surface area contributed by atoms with E-state index in [0.717, 1.165) is 5.56 Å². The van der Waals surface area contributed by atoms with Gasteiger partial charge in [0.1, 0.15) is 5.75 Å². The minimum Gasteiger partial charge on any atom is -0.480 e. The zero-order valence-corrected chi connectivity index (χ0v) is 19.7. The molecule has 2 N–H and O–H groups in total.